The van der Waals surface area contributed by atoms with Crippen molar-refractivity contribution in [3.8, 4) is 0 Å². The van der Waals surface area contributed by atoms with Crippen LogP contribution in [0.3, 0.4) is 0 Å². The molecule has 3 aliphatic heterocycles. The third kappa shape index (κ3) is 4.98. The Balaban J connectivity index is 1.21. The molecule has 0 atom stereocenters. The number of hydrogen-bond donors (Lipinski definition) is 1. The van der Waals surface area contributed by atoms with E-state index in [9.17, 15) is 0 Å². The molecular weight excluding hydrogens is 404 g/mol. The zero-order valence-corrected chi connectivity index (χ0v) is 19.0. The van der Waals surface area contributed by atoms with E-state index >= 15 is 0 Å². The molecule has 0 amide bonds. The van der Waals surface area contributed by atoms with Crippen molar-refractivity contribution < 1.29 is 9.47 Å². The maximum atomic E-state index is 5.51. The third-order valence-corrected chi connectivity index (χ3v) is 6.77. The van der Waals surface area contributed by atoms with Gasteiger partial charge >= 0.3 is 0 Å². The molecule has 0 saturated carbocycles. The van der Waals surface area contributed by atoms with E-state index in [1.165, 1.54) is 5.69 Å². The lowest BCUT2D eigenvalue weighted by Crippen LogP contribution is -2.49. The number of anilines is 4. The van der Waals surface area contributed by atoms with E-state index in [-0.39, 0.29) is 0 Å². The molecule has 1 aromatic carbocycles. The van der Waals surface area contributed by atoms with Gasteiger partial charge in [-0.1, -0.05) is 0 Å². The first kappa shape index (κ1) is 21.4. The van der Waals surface area contributed by atoms with Crippen LogP contribution in [-0.4, -0.2) is 86.6 Å². The second-order valence-electron chi connectivity index (χ2n) is 8.84. The largest absolute Gasteiger partial charge is 0.379 e. The van der Waals surface area contributed by atoms with Gasteiger partial charge in [-0.25, -0.2) is 4.98 Å². The van der Waals surface area contributed by atoms with Crippen LogP contribution in [0, 0.1) is 6.92 Å². The molecule has 3 fully saturated rings. The summed E-state index contributed by atoms with van der Waals surface area (Å²) in [6, 6.07) is 9.24. The average Bonchev–Trinajstić information content (AvgIpc) is 2.87. The topological polar surface area (TPSA) is 66.0 Å². The average molecular weight is 439 g/mol. The summed E-state index contributed by atoms with van der Waals surface area (Å²) in [5, 5.41) is 3.50. The van der Waals surface area contributed by atoms with Gasteiger partial charge < -0.3 is 24.6 Å². The smallest absolute Gasteiger partial charge is 0.227 e. The molecule has 32 heavy (non-hydrogen) atoms. The van der Waals surface area contributed by atoms with Gasteiger partial charge in [0.2, 0.25) is 5.95 Å². The van der Waals surface area contributed by atoms with E-state index in [0.717, 1.165) is 102 Å². The Morgan fingerprint density at radius 2 is 1.50 bits per heavy atom. The van der Waals surface area contributed by atoms with Gasteiger partial charge in [0, 0.05) is 68.4 Å². The van der Waals surface area contributed by atoms with Crippen LogP contribution in [0.2, 0.25) is 0 Å². The quantitative estimate of drug-likeness (QED) is 0.764. The summed E-state index contributed by atoms with van der Waals surface area (Å²) in [6.45, 7) is 11.4. The van der Waals surface area contributed by atoms with Crippen molar-refractivity contribution in [2.45, 2.75) is 25.8 Å². The predicted octanol–water partition coefficient (Wildman–Crippen LogP) is 2.67. The van der Waals surface area contributed by atoms with Crippen molar-refractivity contribution in [2.75, 3.05) is 80.8 Å². The van der Waals surface area contributed by atoms with Gasteiger partial charge in [0.05, 0.1) is 26.4 Å². The first-order valence-corrected chi connectivity index (χ1v) is 11.9. The van der Waals surface area contributed by atoms with Gasteiger partial charge in [0.15, 0.2) is 0 Å². The van der Waals surface area contributed by atoms with Crippen molar-refractivity contribution in [1.29, 1.82) is 0 Å². The lowest BCUT2D eigenvalue weighted by molar-refractivity contribution is 0.0114. The molecule has 4 heterocycles. The Hall–Kier alpha value is -2.42. The zero-order chi connectivity index (χ0) is 21.8. The van der Waals surface area contributed by atoms with Crippen molar-refractivity contribution in [2.24, 2.45) is 0 Å². The van der Waals surface area contributed by atoms with Crippen molar-refractivity contribution in [3.63, 3.8) is 0 Å². The molecule has 5 rings (SSSR count). The number of nitrogens with one attached hydrogen (secondary N) is 1. The summed E-state index contributed by atoms with van der Waals surface area (Å²) in [5.74, 6) is 1.70. The highest BCUT2D eigenvalue weighted by atomic mass is 16.5. The number of rotatable bonds is 5. The maximum Gasteiger partial charge on any atom is 0.227 e. The fourth-order valence-electron chi connectivity index (χ4n) is 4.80. The summed E-state index contributed by atoms with van der Waals surface area (Å²) in [6.07, 6.45) is 4.24. The van der Waals surface area contributed by atoms with Gasteiger partial charge in [-0.3, -0.25) is 4.90 Å². The molecule has 8 heteroatoms. The number of ether oxygens (including phenoxy) is 2. The van der Waals surface area contributed by atoms with E-state index in [0.29, 0.717) is 6.04 Å². The van der Waals surface area contributed by atoms with Gasteiger partial charge in [-0.05, 0) is 44.0 Å². The van der Waals surface area contributed by atoms with E-state index < -0.39 is 0 Å². The molecule has 0 unspecified atom stereocenters. The summed E-state index contributed by atoms with van der Waals surface area (Å²) in [4.78, 5) is 16.8. The summed E-state index contributed by atoms with van der Waals surface area (Å²) < 4.78 is 11.0. The Morgan fingerprint density at radius 3 is 2.19 bits per heavy atom. The van der Waals surface area contributed by atoms with Gasteiger partial charge in [-0.2, -0.15) is 4.98 Å². The first-order chi connectivity index (χ1) is 15.8. The second-order valence-corrected chi connectivity index (χ2v) is 8.84. The van der Waals surface area contributed by atoms with Crippen molar-refractivity contribution in [1.82, 2.24) is 14.9 Å². The molecule has 1 N–H and O–H groups in total. The van der Waals surface area contributed by atoms with Crippen LogP contribution in [0.25, 0.3) is 0 Å². The number of aryl methyl sites for hydroxylation is 1. The lowest BCUT2D eigenvalue weighted by atomic mass is 10.0. The summed E-state index contributed by atoms with van der Waals surface area (Å²) >= 11 is 0. The number of nitrogens with zero attached hydrogens (tertiary/aromatic N) is 5. The molecule has 172 valence electrons. The summed E-state index contributed by atoms with van der Waals surface area (Å²) in [7, 11) is 0. The Kier molecular flexibility index (Phi) is 6.71. The number of piperidine rings is 1. The molecule has 0 spiro atoms. The number of benzene rings is 1. The van der Waals surface area contributed by atoms with Crippen LogP contribution in [0.15, 0.2) is 30.5 Å². The van der Waals surface area contributed by atoms with Crippen LogP contribution < -0.4 is 15.1 Å². The van der Waals surface area contributed by atoms with Crippen molar-refractivity contribution in [3.05, 3.63) is 36.0 Å². The Labute approximate surface area is 190 Å². The molecule has 1 aromatic heterocycles. The number of hydrogen-bond acceptors (Lipinski definition) is 8. The predicted molar refractivity (Wildman–Crippen MR) is 127 cm³/mol. The van der Waals surface area contributed by atoms with Crippen LogP contribution in [-0.2, 0) is 9.47 Å². The monoisotopic (exact) mass is 438 g/mol. The lowest BCUT2D eigenvalue weighted by Gasteiger charge is -2.40. The zero-order valence-electron chi connectivity index (χ0n) is 19.0. The normalized spacial score (nSPS) is 21.0. The minimum absolute atomic E-state index is 0.656. The van der Waals surface area contributed by atoms with Crippen LogP contribution >= 0.6 is 0 Å². The van der Waals surface area contributed by atoms with Crippen LogP contribution in [0.4, 0.5) is 23.1 Å². The molecule has 3 aliphatic rings. The maximum absolute atomic E-state index is 5.51. The number of morpholine rings is 2. The molecule has 0 aliphatic carbocycles. The Bertz CT molecular complexity index is 873. The first-order valence-electron chi connectivity index (χ1n) is 11.9. The standard InChI is InChI=1S/C24H34N6O2/c1-19-18-25-24(30-8-6-22(7-9-30)29-12-16-32-17-13-29)27-23(19)26-20-2-4-21(5-3-20)28-10-14-31-15-11-28/h2-5,18,22H,6-17H2,1H3,(H,25,26,27). The second kappa shape index (κ2) is 10.0. The highest BCUT2D eigenvalue weighted by Crippen LogP contribution is 2.26. The molecule has 0 bridgehead atoms. The van der Waals surface area contributed by atoms with E-state index in [2.05, 4.69) is 56.2 Å². The van der Waals surface area contributed by atoms with Gasteiger partial charge in [-0.15, -0.1) is 0 Å². The molecule has 3 saturated heterocycles. The SMILES string of the molecule is Cc1cnc(N2CCC(N3CCOCC3)CC2)nc1Nc1ccc(N2CCOCC2)cc1. The highest BCUT2D eigenvalue weighted by molar-refractivity contribution is 5.63. The van der Waals surface area contributed by atoms with Crippen LogP contribution in [0.1, 0.15) is 18.4 Å². The van der Waals surface area contributed by atoms with Crippen molar-refractivity contribution >= 4 is 23.1 Å². The van der Waals surface area contributed by atoms with E-state index in [1.54, 1.807) is 0 Å². The Morgan fingerprint density at radius 1 is 0.844 bits per heavy atom. The molecule has 0 radical (unpaired) electrons. The van der Waals surface area contributed by atoms with Crippen LogP contribution in [0.5, 0.6) is 0 Å². The van der Waals surface area contributed by atoms with Gasteiger partial charge in [0.1, 0.15) is 5.82 Å². The molecular formula is C24H34N6O2. The highest BCUT2D eigenvalue weighted by Gasteiger charge is 2.27. The minimum atomic E-state index is 0.656. The van der Waals surface area contributed by atoms with Gasteiger partial charge in [0.25, 0.3) is 0 Å². The third-order valence-electron chi connectivity index (χ3n) is 6.77. The number of aromatic nitrogens is 2. The fraction of sp³-hybridized carbons (Fsp3) is 0.583. The fourth-order valence-corrected chi connectivity index (χ4v) is 4.80. The van der Waals surface area contributed by atoms with E-state index in [1.807, 2.05) is 6.20 Å². The molecule has 8 nitrogen and oxygen atoms in total. The summed E-state index contributed by atoms with van der Waals surface area (Å²) in [5.41, 5.74) is 3.33. The van der Waals surface area contributed by atoms with E-state index in [4.69, 9.17) is 14.5 Å². The molecule has 2 aromatic rings. The minimum Gasteiger partial charge on any atom is -0.379 e.